The molecule has 1 aliphatic carbocycles. The second-order valence-corrected chi connectivity index (χ2v) is 16.5. The summed E-state index contributed by atoms with van der Waals surface area (Å²) in [7, 11) is 0. The highest BCUT2D eigenvalue weighted by Gasteiger charge is 2.51. The first-order valence-corrected chi connectivity index (χ1v) is 21.5. The van der Waals surface area contributed by atoms with Crippen molar-refractivity contribution in [2.75, 3.05) is 0 Å². The molecule has 1 aliphatic heterocycles. The summed E-state index contributed by atoms with van der Waals surface area (Å²) in [6.07, 6.45) is 0. The number of furan rings is 2. The normalized spacial score (nSPS) is 13.2. The minimum Gasteiger partial charge on any atom is -0.457 e. The Kier molecular flexibility index (Phi) is 7.22. The largest absolute Gasteiger partial charge is 0.457 e. The molecule has 0 radical (unpaired) electrons. The number of aromatic nitrogens is 3. The third kappa shape index (κ3) is 4.76. The van der Waals surface area contributed by atoms with Gasteiger partial charge in [-0.2, -0.15) is 0 Å². The first-order valence-electron chi connectivity index (χ1n) is 21.5. The van der Waals surface area contributed by atoms with Crippen molar-refractivity contribution >= 4 is 43.9 Å². The molecule has 12 aromatic rings. The lowest BCUT2D eigenvalue weighted by Gasteiger charge is -2.39. The summed E-state index contributed by atoms with van der Waals surface area (Å²) in [5, 5.41) is 4.06. The van der Waals surface area contributed by atoms with Crippen LogP contribution in [0.1, 0.15) is 22.3 Å². The van der Waals surface area contributed by atoms with Gasteiger partial charge >= 0.3 is 0 Å². The van der Waals surface area contributed by atoms with Gasteiger partial charge in [0.1, 0.15) is 33.8 Å². The van der Waals surface area contributed by atoms with E-state index >= 15 is 0 Å². The van der Waals surface area contributed by atoms with Gasteiger partial charge < -0.3 is 13.6 Å². The number of ether oxygens (including phenoxy) is 1. The highest BCUT2D eigenvalue weighted by atomic mass is 16.5. The van der Waals surface area contributed by atoms with Crippen molar-refractivity contribution in [2.24, 2.45) is 0 Å². The molecule has 64 heavy (non-hydrogen) atoms. The summed E-state index contributed by atoms with van der Waals surface area (Å²) >= 11 is 0. The summed E-state index contributed by atoms with van der Waals surface area (Å²) in [6.45, 7) is 0. The van der Waals surface area contributed by atoms with Crippen LogP contribution in [0.25, 0.3) is 100 Å². The average molecular weight is 820 g/mol. The monoisotopic (exact) mass is 819 g/mol. The van der Waals surface area contributed by atoms with Gasteiger partial charge in [0.2, 0.25) is 0 Å². The number of benzene rings is 9. The number of rotatable bonds is 4. The molecule has 1 spiro atoms. The van der Waals surface area contributed by atoms with E-state index in [1.807, 2.05) is 60.7 Å². The molecule has 0 atom stereocenters. The van der Waals surface area contributed by atoms with E-state index in [2.05, 4.69) is 140 Å². The third-order valence-electron chi connectivity index (χ3n) is 13.2. The van der Waals surface area contributed by atoms with Gasteiger partial charge in [-0.3, -0.25) is 0 Å². The Balaban J connectivity index is 1.02. The molecule has 6 heteroatoms. The molecule has 0 amide bonds. The van der Waals surface area contributed by atoms with Crippen molar-refractivity contribution < 1.29 is 13.6 Å². The smallest absolute Gasteiger partial charge is 0.164 e. The molecule has 2 aliphatic rings. The van der Waals surface area contributed by atoms with Crippen LogP contribution in [0.2, 0.25) is 0 Å². The van der Waals surface area contributed by atoms with Crippen LogP contribution in [0.4, 0.5) is 0 Å². The van der Waals surface area contributed by atoms with Crippen molar-refractivity contribution in [2.45, 2.75) is 5.41 Å². The third-order valence-corrected chi connectivity index (χ3v) is 13.2. The van der Waals surface area contributed by atoms with Crippen LogP contribution in [0.3, 0.4) is 0 Å². The second kappa shape index (κ2) is 13.2. The van der Waals surface area contributed by atoms with Crippen molar-refractivity contribution in [3.05, 3.63) is 222 Å². The highest BCUT2D eigenvalue weighted by Crippen LogP contribution is 2.63. The Morgan fingerprint density at radius 2 is 0.828 bits per heavy atom. The molecule has 6 nitrogen and oxygen atoms in total. The number of hydrogen-bond acceptors (Lipinski definition) is 6. The molecular weight excluding hydrogens is 787 g/mol. The summed E-state index contributed by atoms with van der Waals surface area (Å²) in [5.41, 5.74) is 14.0. The molecule has 0 saturated heterocycles. The standard InChI is InChI=1S/C58H33N3O3/c1-2-16-34(17-3-1)55-59-56(41-24-14-29-46-51(41)39-19-4-6-26-43(39)58(46)44-27-7-10-31-48(44)62-49-32-11-8-28-45(49)58)61-57(60-55)42-25-15-33-50-52(42)40-23-13-22-38(54(40)64-50)37-21-12-20-36-35-18-5-9-30-47(35)63-53(36)37/h1-33H. The highest BCUT2D eigenvalue weighted by molar-refractivity contribution is 6.17. The maximum absolute atomic E-state index is 6.85. The van der Waals surface area contributed by atoms with Crippen LogP contribution in [0, 0.1) is 0 Å². The van der Waals surface area contributed by atoms with Gasteiger partial charge in [0.25, 0.3) is 0 Å². The number of hydrogen-bond donors (Lipinski definition) is 0. The second-order valence-electron chi connectivity index (χ2n) is 16.5. The molecule has 298 valence electrons. The van der Waals surface area contributed by atoms with Gasteiger partial charge in [0.15, 0.2) is 17.5 Å². The minimum atomic E-state index is -0.628. The number of nitrogens with zero attached hydrogens (tertiary/aromatic N) is 3. The van der Waals surface area contributed by atoms with Gasteiger partial charge in [0.05, 0.1) is 5.41 Å². The predicted molar refractivity (Wildman–Crippen MR) is 254 cm³/mol. The molecule has 14 rings (SSSR count). The SMILES string of the molecule is c1ccc(-c2nc(-c3cccc4c3-c3ccccc3C43c4ccccc4Oc4ccccc43)nc(-c3cccc4oc5c(-c6cccc7c6oc6ccccc67)cccc5c34)n2)cc1. The quantitative estimate of drug-likeness (QED) is 0.176. The van der Waals surface area contributed by atoms with E-state index in [4.69, 9.17) is 28.5 Å². The summed E-state index contributed by atoms with van der Waals surface area (Å²) in [5.74, 6) is 3.43. The van der Waals surface area contributed by atoms with E-state index in [9.17, 15) is 0 Å². The predicted octanol–water partition coefficient (Wildman–Crippen LogP) is 14.8. The topological polar surface area (TPSA) is 74.2 Å². The van der Waals surface area contributed by atoms with E-state index in [0.717, 1.165) is 111 Å². The fourth-order valence-corrected chi connectivity index (χ4v) is 10.6. The Bertz CT molecular complexity index is 3860. The average Bonchev–Trinajstić information content (AvgIpc) is 4.03. The lowest BCUT2D eigenvalue weighted by Crippen LogP contribution is -2.32. The van der Waals surface area contributed by atoms with E-state index in [1.165, 1.54) is 5.56 Å². The lowest BCUT2D eigenvalue weighted by atomic mass is 9.66. The Labute approximate surface area is 366 Å². The first kappa shape index (κ1) is 35.0. The van der Waals surface area contributed by atoms with Gasteiger partial charge in [-0.1, -0.05) is 176 Å². The van der Waals surface area contributed by atoms with E-state index in [-0.39, 0.29) is 0 Å². The van der Waals surface area contributed by atoms with Gasteiger partial charge in [0, 0.05) is 60.5 Å². The van der Waals surface area contributed by atoms with Crippen molar-refractivity contribution in [1.82, 2.24) is 15.0 Å². The molecule has 3 aromatic heterocycles. The summed E-state index contributed by atoms with van der Waals surface area (Å²) in [6, 6.07) is 69.3. The van der Waals surface area contributed by atoms with Crippen LogP contribution >= 0.6 is 0 Å². The number of para-hydroxylation sites is 5. The zero-order chi connectivity index (χ0) is 41.9. The van der Waals surface area contributed by atoms with Gasteiger partial charge in [-0.25, -0.2) is 15.0 Å². The summed E-state index contributed by atoms with van der Waals surface area (Å²) in [4.78, 5) is 16.0. The maximum Gasteiger partial charge on any atom is 0.164 e. The molecule has 9 aromatic carbocycles. The van der Waals surface area contributed by atoms with E-state index < -0.39 is 5.41 Å². The van der Waals surface area contributed by atoms with Crippen LogP contribution in [0.5, 0.6) is 11.5 Å². The van der Waals surface area contributed by atoms with Crippen LogP contribution in [-0.2, 0) is 5.41 Å². The van der Waals surface area contributed by atoms with Crippen LogP contribution < -0.4 is 4.74 Å². The molecule has 0 unspecified atom stereocenters. The zero-order valence-electron chi connectivity index (χ0n) is 34.1. The number of fused-ring (bicyclic) bond motifs is 15. The molecule has 0 bridgehead atoms. The molecule has 0 saturated carbocycles. The minimum absolute atomic E-state index is 0.558. The first-order chi connectivity index (χ1) is 31.7. The molecule has 4 heterocycles. The van der Waals surface area contributed by atoms with Gasteiger partial charge in [-0.05, 0) is 46.5 Å². The lowest BCUT2D eigenvalue weighted by molar-refractivity contribution is 0.436. The Morgan fingerprint density at radius 3 is 1.62 bits per heavy atom. The van der Waals surface area contributed by atoms with E-state index in [0.29, 0.717) is 17.5 Å². The summed E-state index contributed by atoms with van der Waals surface area (Å²) < 4.78 is 20.0. The zero-order valence-corrected chi connectivity index (χ0v) is 34.1. The van der Waals surface area contributed by atoms with Crippen LogP contribution in [-0.4, -0.2) is 15.0 Å². The Morgan fingerprint density at radius 1 is 0.328 bits per heavy atom. The van der Waals surface area contributed by atoms with Crippen molar-refractivity contribution in [1.29, 1.82) is 0 Å². The fourth-order valence-electron chi connectivity index (χ4n) is 10.6. The maximum atomic E-state index is 6.85. The molecular formula is C58H33N3O3. The van der Waals surface area contributed by atoms with Gasteiger partial charge in [-0.15, -0.1) is 0 Å². The molecule has 0 fully saturated rings. The van der Waals surface area contributed by atoms with Crippen molar-refractivity contribution in [3.63, 3.8) is 0 Å². The van der Waals surface area contributed by atoms with Crippen LogP contribution in [0.15, 0.2) is 209 Å². The fraction of sp³-hybridized carbons (Fsp3) is 0.0172. The Hall–Kier alpha value is -8.61. The van der Waals surface area contributed by atoms with Crippen molar-refractivity contribution in [3.8, 4) is 67.9 Å². The molecule has 0 N–H and O–H groups in total. The van der Waals surface area contributed by atoms with E-state index in [1.54, 1.807) is 0 Å².